The molecule has 0 bridgehead atoms. The van der Waals surface area contributed by atoms with Crippen LogP contribution in [0.25, 0.3) is 11.0 Å². The monoisotopic (exact) mass is 288 g/mol. The van der Waals surface area contributed by atoms with Gasteiger partial charge in [-0.25, -0.2) is 4.79 Å². The minimum Gasteiger partial charge on any atom is -0.486 e. The van der Waals surface area contributed by atoms with Gasteiger partial charge >= 0.3 is 5.63 Å². The average Bonchev–Trinajstić information content (AvgIpc) is 2.53. The Morgan fingerprint density at radius 3 is 2.90 bits per heavy atom. The summed E-state index contributed by atoms with van der Waals surface area (Å²) in [4.78, 5) is 14.2. The molecule has 2 aromatic rings. The normalized spacial score (nSPS) is 16.2. The molecule has 0 radical (unpaired) electrons. The molecule has 0 unspecified atom stereocenters. The Bertz CT molecular complexity index is 647. The van der Waals surface area contributed by atoms with Gasteiger partial charge in [0.2, 0.25) is 5.75 Å². The van der Waals surface area contributed by atoms with Crippen molar-refractivity contribution in [2.24, 2.45) is 0 Å². The van der Waals surface area contributed by atoms with Crippen molar-refractivity contribution in [3.8, 4) is 5.75 Å². The minimum absolute atomic E-state index is 0.300. The Balaban J connectivity index is 1.55. The molecule has 112 valence electrons. The fourth-order valence-electron chi connectivity index (χ4n) is 2.55. The van der Waals surface area contributed by atoms with Crippen LogP contribution in [0.1, 0.15) is 6.42 Å². The zero-order valence-corrected chi connectivity index (χ0v) is 12.0. The predicted molar refractivity (Wildman–Crippen MR) is 81.9 cm³/mol. The van der Waals surface area contributed by atoms with Gasteiger partial charge in [-0.05, 0) is 18.6 Å². The first-order chi connectivity index (χ1) is 10.3. The lowest BCUT2D eigenvalue weighted by Gasteiger charge is -2.26. The van der Waals surface area contributed by atoms with Crippen molar-refractivity contribution >= 4 is 11.0 Å². The highest BCUT2D eigenvalue weighted by molar-refractivity contribution is 5.77. The predicted octanol–water partition coefficient (Wildman–Crippen LogP) is 1.47. The van der Waals surface area contributed by atoms with E-state index in [2.05, 4.69) is 10.2 Å². The van der Waals surface area contributed by atoms with Gasteiger partial charge in [0.15, 0.2) is 0 Å². The molecule has 1 aromatic carbocycles. The zero-order chi connectivity index (χ0) is 14.5. The first-order valence-electron chi connectivity index (χ1n) is 7.42. The van der Waals surface area contributed by atoms with E-state index in [4.69, 9.17) is 9.15 Å². The van der Waals surface area contributed by atoms with Crippen LogP contribution in [0.4, 0.5) is 0 Å². The van der Waals surface area contributed by atoms with Crippen molar-refractivity contribution in [2.45, 2.75) is 6.42 Å². The zero-order valence-electron chi connectivity index (χ0n) is 12.0. The fraction of sp³-hybridized carbons (Fsp3) is 0.438. The van der Waals surface area contributed by atoms with Crippen molar-refractivity contribution in [1.29, 1.82) is 0 Å². The molecule has 1 saturated heterocycles. The summed E-state index contributed by atoms with van der Waals surface area (Å²) < 4.78 is 10.8. The second kappa shape index (κ2) is 6.74. The number of rotatable bonds is 5. The first kappa shape index (κ1) is 14.1. The van der Waals surface area contributed by atoms with E-state index in [1.807, 2.05) is 18.2 Å². The molecule has 5 heteroatoms. The van der Waals surface area contributed by atoms with Crippen LogP contribution in [-0.2, 0) is 0 Å². The van der Waals surface area contributed by atoms with Crippen LogP contribution in [0.2, 0.25) is 0 Å². The number of piperazine rings is 1. The van der Waals surface area contributed by atoms with Gasteiger partial charge < -0.3 is 19.4 Å². The third kappa shape index (κ3) is 3.62. The second-order valence-corrected chi connectivity index (χ2v) is 5.23. The first-order valence-corrected chi connectivity index (χ1v) is 7.42. The van der Waals surface area contributed by atoms with E-state index in [1.165, 1.54) is 0 Å². The second-order valence-electron chi connectivity index (χ2n) is 5.23. The number of para-hydroxylation sites is 1. The highest BCUT2D eigenvalue weighted by Gasteiger charge is 2.09. The molecule has 0 atom stereocenters. The number of hydrogen-bond donors (Lipinski definition) is 1. The van der Waals surface area contributed by atoms with Crippen molar-refractivity contribution in [3.05, 3.63) is 40.8 Å². The third-order valence-electron chi connectivity index (χ3n) is 3.70. The average molecular weight is 288 g/mol. The van der Waals surface area contributed by atoms with Crippen molar-refractivity contribution in [2.75, 3.05) is 39.3 Å². The number of nitrogens with one attached hydrogen (secondary N) is 1. The summed E-state index contributed by atoms with van der Waals surface area (Å²) in [6.45, 7) is 5.80. The van der Waals surface area contributed by atoms with Gasteiger partial charge in [-0.15, -0.1) is 0 Å². The molecule has 0 aliphatic carbocycles. The smallest absolute Gasteiger partial charge is 0.379 e. The molecule has 1 aliphatic rings. The van der Waals surface area contributed by atoms with Crippen molar-refractivity contribution in [3.63, 3.8) is 0 Å². The summed E-state index contributed by atoms with van der Waals surface area (Å²) in [6, 6.07) is 9.21. The van der Waals surface area contributed by atoms with Gasteiger partial charge in [0, 0.05) is 38.1 Å². The SMILES string of the molecule is O=c1oc2ccccc2cc1OCCCN1CCNCC1. The minimum atomic E-state index is -0.407. The lowest BCUT2D eigenvalue weighted by Crippen LogP contribution is -2.44. The summed E-state index contributed by atoms with van der Waals surface area (Å²) in [5.41, 5.74) is 0.187. The maximum absolute atomic E-state index is 11.8. The van der Waals surface area contributed by atoms with Crippen LogP contribution in [-0.4, -0.2) is 44.2 Å². The largest absolute Gasteiger partial charge is 0.486 e. The lowest BCUT2D eigenvalue weighted by molar-refractivity contribution is 0.211. The molecule has 1 fully saturated rings. The van der Waals surface area contributed by atoms with Gasteiger partial charge in [0.05, 0.1) is 6.61 Å². The Hall–Kier alpha value is -1.85. The highest BCUT2D eigenvalue weighted by Crippen LogP contribution is 2.16. The molecule has 0 saturated carbocycles. The number of nitrogens with zero attached hydrogens (tertiary/aromatic N) is 1. The van der Waals surface area contributed by atoms with Crippen LogP contribution >= 0.6 is 0 Å². The van der Waals surface area contributed by atoms with Crippen LogP contribution in [0, 0.1) is 0 Å². The van der Waals surface area contributed by atoms with E-state index in [-0.39, 0.29) is 0 Å². The van der Waals surface area contributed by atoms with Crippen LogP contribution < -0.4 is 15.7 Å². The van der Waals surface area contributed by atoms with E-state index >= 15 is 0 Å². The number of ether oxygens (including phenoxy) is 1. The summed E-state index contributed by atoms with van der Waals surface area (Å²) in [7, 11) is 0. The van der Waals surface area contributed by atoms with E-state index in [1.54, 1.807) is 12.1 Å². The Morgan fingerprint density at radius 2 is 2.05 bits per heavy atom. The molecular weight excluding hydrogens is 268 g/mol. The lowest BCUT2D eigenvalue weighted by atomic mass is 10.2. The van der Waals surface area contributed by atoms with Gasteiger partial charge in [-0.3, -0.25) is 0 Å². The van der Waals surface area contributed by atoms with Crippen molar-refractivity contribution in [1.82, 2.24) is 10.2 Å². The van der Waals surface area contributed by atoms with Crippen LogP contribution in [0.5, 0.6) is 5.75 Å². The molecule has 1 N–H and O–H groups in total. The number of benzene rings is 1. The summed E-state index contributed by atoms with van der Waals surface area (Å²) >= 11 is 0. The van der Waals surface area contributed by atoms with Crippen LogP contribution in [0.3, 0.4) is 0 Å². The summed E-state index contributed by atoms with van der Waals surface area (Å²) in [5.74, 6) is 0.300. The topological polar surface area (TPSA) is 54.7 Å². The Morgan fingerprint density at radius 1 is 1.24 bits per heavy atom. The molecular formula is C16H20N2O3. The fourth-order valence-corrected chi connectivity index (χ4v) is 2.55. The van der Waals surface area contributed by atoms with E-state index in [0.717, 1.165) is 44.5 Å². The maximum atomic E-state index is 11.8. The Kier molecular flexibility index (Phi) is 4.52. The summed E-state index contributed by atoms with van der Waals surface area (Å²) in [5, 5.41) is 4.21. The molecule has 0 amide bonds. The third-order valence-corrected chi connectivity index (χ3v) is 3.70. The van der Waals surface area contributed by atoms with E-state index < -0.39 is 5.63 Å². The molecule has 21 heavy (non-hydrogen) atoms. The molecule has 0 spiro atoms. The van der Waals surface area contributed by atoms with E-state index in [9.17, 15) is 4.79 Å². The molecule has 2 heterocycles. The Labute approximate surface area is 123 Å². The van der Waals surface area contributed by atoms with Crippen LogP contribution in [0.15, 0.2) is 39.5 Å². The standard InChI is InChI=1S/C16H20N2O3/c19-16-15(12-13-4-1-2-5-14(13)21-16)20-11-3-8-18-9-6-17-7-10-18/h1-2,4-5,12,17H,3,6-11H2. The maximum Gasteiger partial charge on any atom is 0.379 e. The molecule has 5 nitrogen and oxygen atoms in total. The van der Waals surface area contributed by atoms with Gasteiger partial charge in [-0.2, -0.15) is 0 Å². The summed E-state index contributed by atoms with van der Waals surface area (Å²) in [6.07, 6.45) is 0.909. The van der Waals surface area contributed by atoms with Gasteiger partial charge in [0.25, 0.3) is 0 Å². The molecule has 1 aliphatic heterocycles. The van der Waals surface area contributed by atoms with Crippen molar-refractivity contribution < 1.29 is 9.15 Å². The molecule has 3 rings (SSSR count). The number of hydrogen-bond acceptors (Lipinski definition) is 5. The van der Waals surface area contributed by atoms with Gasteiger partial charge in [0.1, 0.15) is 5.58 Å². The number of fused-ring (bicyclic) bond motifs is 1. The molecule has 1 aromatic heterocycles. The van der Waals surface area contributed by atoms with E-state index in [0.29, 0.717) is 17.9 Å². The highest BCUT2D eigenvalue weighted by atomic mass is 16.5. The quantitative estimate of drug-likeness (QED) is 0.667. The van der Waals surface area contributed by atoms with Gasteiger partial charge in [-0.1, -0.05) is 18.2 Å².